The van der Waals surface area contributed by atoms with Crippen molar-refractivity contribution in [3.05, 3.63) is 0 Å². The van der Waals surface area contributed by atoms with Gasteiger partial charge in [-0.25, -0.2) is 0 Å². The predicted octanol–water partition coefficient (Wildman–Crippen LogP) is -5.66. The van der Waals surface area contributed by atoms with Crippen molar-refractivity contribution in [3.63, 3.8) is 0 Å². The van der Waals surface area contributed by atoms with Gasteiger partial charge in [0, 0.05) is 0 Å². The Bertz CT molecular complexity index is 508. The highest BCUT2D eigenvalue weighted by Crippen LogP contribution is 2.27. The fraction of sp³-hybridized carbons (Fsp3) is 1.00. The zero-order chi connectivity index (χ0) is 20.6. The van der Waals surface area contributed by atoms with E-state index in [1.165, 1.54) is 0 Å². The second-order valence-electron chi connectivity index (χ2n) is 6.94. The lowest BCUT2D eigenvalue weighted by Crippen LogP contribution is -2.39. The van der Waals surface area contributed by atoms with Crippen molar-refractivity contribution >= 4 is 0 Å². The summed E-state index contributed by atoms with van der Waals surface area (Å²) in [5.74, 6) is 0. The van der Waals surface area contributed by atoms with Gasteiger partial charge in [0.25, 0.3) is 0 Å². The lowest BCUT2D eigenvalue weighted by atomic mass is 10.1. The summed E-state index contributed by atoms with van der Waals surface area (Å²) in [4.78, 5) is 0. The molecule has 0 amide bonds. The monoisotopic (exact) mass is 414 g/mol. The molecule has 164 valence electrons. The lowest BCUT2D eigenvalue weighted by molar-refractivity contribution is -0.215. The zero-order valence-corrected chi connectivity index (χ0v) is 14.7. The van der Waals surface area contributed by atoms with E-state index in [-0.39, 0.29) is 13.2 Å². The summed E-state index contributed by atoms with van der Waals surface area (Å²) >= 11 is 0. The third-order valence-corrected chi connectivity index (χ3v) is 5.00. The Labute approximate surface area is 159 Å². The summed E-state index contributed by atoms with van der Waals surface area (Å²) in [5, 5.41) is 77.1. The highest BCUT2D eigenvalue weighted by atomic mass is 16.7. The molecule has 0 aromatic heterocycles. The first-order chi connectivity index (χ1) is 13.2. The minimum absolute atomic E-state index is 0.329. The van der Waals surface area contributed by atoms with E-state index in [0.29, 0.717) is 0 Å². The molecule has 12 atom stereocenters. The SMILES string of the molecule is OCC1OC(OCC2OC(OCC3OC(O)C(O)C3O)C(O)C2O)C(O)C1O. The molecule has 3 fully saturated rings. The van der Waals surface area contributed by atoms with Gasteiger partial charge >= 0.3 is 0 Å². The van der Waals surface area contributed by atoms with Crippen LogP contribution in [0.4, 0.5) is 0 Å². The number of hydrogen-bond acceptors (Lipinski definition) is 13. The molecule has 0 radical (unpaired) electrons. The third-order valence-electron chi connectivity index (χ3n) is 5.00. The van der Waals surface area contributed by atoms with Gasteiger partial charge in [-0.3, -0.25) is 0 Å². The van der Waals surface area contributed by atoms with E-state index in [1.807, 2.05) is 0 Å². The fourth-order valence-corrected chi connectivity index (χ4v) is 3.24. The Balaban J connectivity index is 1.46. The van der Waals surface area contributed by atoms with Crippen LogP contribution in [0, 0.1) is 0 Å². The van der Waals surface area contributed by atoms with Crippen LogP contribution >= 0.6 is 0 Å². The molecule has 3 saturated heterocycles. The van der Waals surface area contributed by atoms with Gasteiger partial charge in [-0.2, -0.15) is 0 Å². The van der Waals surface area contributed by atoms with Crippen molar-refractivity contribution in [3.8, 4) is 0 Å². The van der Waals surface area contributed by atoms with E-state index in [1.54, 1.807) is 0 Å². The average molecular weight is 414 g/mol. The molecule has 13 nitrogen and oxygen atoms in total. The number of rotatable bonds is 7. The fourth-order valence-electron chi connectivity index (χ4n) is 3.24. The first-order valence-electron chi connectivity index (χ1n) is 8.81. The summed E-state index contributed by atoms with van der Waals surface area (Å²) in [5.41, 5.74) is 0. The molecule has 8 N–H and O–H groups in total. The van der Waals surface area contributed by atoms with Gasteiger partial charge in [-0.1, -0.05) is 0 Å². The topological polar surface area (TPSA) is 208 Å². The Morgan fingerprint density at radius 2 is 0.964 bits per heavy atom. The van der Waals surface area contributed by atoms with Gasteiger partial charge in [0.05, 0.1) is 19.8 Å². The predicted molar refractivity (Wildman–Crippen MR) is 83.2 cm³/mol. The van der Waals surface area contributed by atoms with Gasteiger partial charge in [0.2, 0.25) is 0 Å². The maximum atomic E-state index is 10.1. The maximum Gasteiger partial charge on any atom is 0.186 e. The number of aliphatic hydroxyl groups is 8. The molecular formula is C15H26O13. The second-order valence-corrected chi connectivity index (χ2v) is 6.94. The Morgan fingerprint density at radius 1 is 0.536 bits per heavy atom. The van der Waals surface area contributed by atoms with Gasteiger partial charge in [-0.15, -0.1) is 0 Å². The van der Waals surface area contributed by atoms with E-state index < -0.39 is 80.4 Å². The highest BCUT2D eigenvalue weighted by Gasteiger charge is 2.48. The van der Waals surface area contributed by atoms with Crippen LogP contribution in [0.15, 0.2) is 0 Å². The molecular weight excluding hydrogens is 388 g/mol. The van der Waals surface area contributed by atoms with Crippen molar-refractivity contribution in [1.29, 1.82) is 0 Å². The molecule has 3 rings (SSSR count). The quantitative estimate of drug-likeness (QED) is 0.196. The van der Waals surface area contributed by atoms with Crippen LogP contribution in [0.25, 0.3) is 0 Å². The normalized spacial score (nSPS) is 51.9. The van der Waals surface area contributed by atoms with Gasteiger partial charge in [-0.05, 0) is 0 Å². The number of aliphatic hydroxyl groups excluding tert-OH is 8. The molecule has 3 heterocycles. The van der Waals surface area contributed by atoms with Crippen LogP contribution in [0.5, 0.6) is 0 Å². The molecule has 12 unspecified atom stereocenters. The Morgan fingerprint density at radius 3 is 1.39 bits per heavy atom. The standard InChI is InChI=1S/C15H26O13/c16-1-4-7(17)11(21)14(27-4)25-3-6-9(19)12(22)15(28-6)24-2-5-8(18)10(20)13(23)26-5/h4-23H,1-3H2. The van der Waals surface area contributed by atoms with Crippen LogP contribution in [0.3, 0.4) is 0 Å². The van der Waals surface area contributed by atoms with Gasteiger partial charge in [0.1, 0.15) is 54.9 Å². The number of hydrogen-bond donors (Lipinski definition) is 8. The Kier molecular flexibility index (Phi) is 7.20. The maximum absolute atomic E-state index is 10.1. The number of ether oxygens (including phenoxy) is 5. The lowest BCUT2D eigenvalue weighted by Gasteiger charge is -2.20. The van der Waals surface area contributed by atoms with Crippen molar-refractivity contribution in [2.24, 2.45) is 0 Å². The summed E-state index contributed by atoms with van der Waals surface area (Å²) in [7, 11) is 0. The van der Waals surface area contributed by atoms with Crippen molar-refractivity contribution < 1.29 is 64.5 Å². The van der Waals surface area contributed by atoms with Crippen LogP contribution in [0.2, 0.25) is 0 Å². The summed E-state index contributed by atoms with van der Waals surface area (Å²) in [6.07, 6.45) is -15.8. The van der Waals surface area contributed by atoms with E-state index >= 15 is 0 Å². The molecule has 28 heavy (non-hydrogen) atoms. The molecule has 0 saturated carbocycles. The molecule has 0 aromatic rings. The van der Waals surface area contributed by atoms with Crippen molar-refractivity contribution in [2.75, 3.05) is 19.8 Å². The first-order valence-corrected chi connectivity index (χ1v) is 8.81. The summed E-state index contributed by atoms with van der Waals surface area (Å²) in [6.45, 7) is -1.19. The Hall–Kier alpha value is -0.520. The van der Waals surface area contributed by atoms with Crippen molar-refractivity contribution in [2.45, 2.75) is 73.8 Å². The highest BCUT2D eigenvalue weighted by molar-refractivity contribution is 4.90. The van der Waals surface area contributed by atoms with E-state index in [4.69, 9.17) is 28.8 Å². The van der Waals surface area contributed by atoms with Crippen molar-refractivity contribution in [1.82, 2.24) is 0 Å². The third kappa shape index (κ3) is 4.32. The van der Waals surface area contributed by atoms with Crippen LogP contribution in [-0.2, 0) is 23.7 Å². The summed E-state index contributed by atoms with van der Waals surface area (Å²) in [6, 6.07) is 0. The minimum atomic E-state index is -1.57. The van der Waals surface area contributed by atoms with E-state index in [0.717, 1.165) is 0 Å². The average Bonchev–Trinajstić information content (AvgIpc) is 3.21. The van der Waals surface area contributed by atoms with Crippen LogP contribution < -0.4 is 0 Å². The molecule has 0 spiro atoms. The van der Waals surface area contributed by atoms with Crippen LogP contribution in [-0.4, -0.2) is 134 Å². The van der Waals surface area contributed by atoms with E-state index in [9.17, 15) is 35.7 Å². The molecule has 0 aromatic carbocycles. The minimum Gasteiger partial charge on any atom is -0.394 e. The van der Waals surface area contributed by atoms with Crippen LogP contribution in [0.1, 0.15) is 0 Å². The molecule has 13 heteroatoms. The zero-order valence-electron chi connectivity index (χ0n) is 14.7. The van der Waals surface area contributed by atoms with Gasteiger partial charge < -0.3 is 64.5 Å². The van der Waals surface area contributed by atoms with E-state index in [2.05, 4.69) is 0 Å². The first kappa shape index (κ1) is 22.2. The molecule has 0 bridgehead atoms. The smallest absolute Gasteiger partial charge is 0.186 e. The van der Waals surface area contributed by atoms with Gasteiger partial charge in [0.15, 0.2) is 18.9 Å². The largest absolute Gasteiger partial charge is 0.394 e. The molecule has 3 aliphatic rings. The molecule has 0 aliphatic carbocycles. The second kappa shape index (κ2) is 9.09. The molecule has 3 aliphatic heterocycles. The summed E-state index contributed by atoms with van der Waals surface area (Å²) < 4.78 is 25.9.